The first-order valence-electron chi connectivity index (χ1n) is 4.67. The molecule has 72 valence electrons. The Labute approximate surface area is 77.6 Å². The molecule has 1 aliphatic heterocycles. The van der Waals surface area contributed by atoms with Crippen molar-refractivity contribution in [3.63, 3.8) is 0 Å². The Bertz CT molecular complexity index is 260. The van der Waals surface area contributed by atoms with Crippen LogP contribution in [0.3, 0.4) is 0 Å². The number of H-pyrrole nitrogens is 1. The normalized spacial score (nSPS) is 29.7. The van der Waals surface area contributed by atoms with Gasteiger partial charge in [0.2, 0.25) is 0 Å². The molecule has 0 unspecified atom stereocenters. The number of nitrogens with one attached hydrogen (secondary N) is 1. The van der Waals surface area contributed by atoms with E-state index in [1.165, 1.54) is 0 Å². The fourth-order valence-electron chi connectivity index (χ4n) is 1.80. The second-order valence-corrected chi connectivity index (χ2v) is 3.64. The molecule has 0 aromatic carbocycles. The molecular weight excluding hydrogens is 166 g/mol. The molecule has 4 heteroatoms. The van der Waals surface area contributed by atoms with E-state index in [1.54, 1.807) is 6.33 Å². The molecule has 0 amide bonds. The van der Waals surface area contributed by atoms with Gasteiger partial charge in [0.05, 0.1) is 12.4 Å². The van der Waals surface area contributed by atoms with Crippen LogP contribution >= 0.6 is 0 Å². The zero-order valence-corrected chi connectivity index (χ0v) is 7.77. The largest absolute Gasteiger partial charge is 0.391 e. The van der Waals surface area contributed by atoms with Gasteiger partial charge in [0.25, 0.3) is 0 Å². The Morgan fingerprint density at radius 1 is 1.77 bits per heavy atom. The van der Waals surface area contributed by atoms with E-state index in [4.69, 9.17) is 0 Å². The van der Waals surface area contributed by atoms with Crippen molar-refractivity contribution < 1.29 is 5.11 Å². The molecule has 1 fully saturated rings. The van der Waals surface area contributed by atoms with Crippen LogP contribution in [0.5, 0.6) is 0 Å². The molecule has 2 atom stereocenters. The highest BCUT2D eigenvalue weighted by molar-refractivity contribution is 4.96. The SMILES string of the molecule is C[C@H]1[C@H](O)CCN1Cc1cnc[nH]1. The summed E-state index contributed by atoms with van der Waals surface area (Å²) >= 11 is 0. The number of hydrogen-bond donors (Lipinski definition) is 2. The minimum absolute atomic E-state index is 0.164. The van der Waals surface area contributed by atoms with Gasteiger partial charge in [-0.05, 0) is 13.3 Å². The molecule has 0 bridgehead atoms. The van der Waals surface area contributed by atoms with Crippen molar-refractivity contribution in [2.75, 3.05) is 6.54 Å². The molecule has 2 rings (SSSR count). The Hall–Kier alpha value is -0.870. The second kappa shape index (κ2) is 3.47. The van der Waals surface area contributed by atoms with Gasteiger partial charge in [-0.2, -0.15) is 0 Å². The highest BCUT2D eigenvalue weighted by Crippen LogP contribution is 2.18. The first-order chi connectivity index (χ1) is 6.27. The Morgan fingerprint density at radius 3 is 3.15 bits per heavy atom. The number of likely N-dealkylation sites (tertiary alicyclic amines) is 1. The zero-order chi connectivity index (χ0) is 9.26. The van der Waals surface area contributed by atoms with E-state index in [1.807, 2.05) is 6.20 Å². The summed E-state index contributed by atoms with van der Waals surface area (Å²) in [5.74, 6) is 0. The van der Waals surface area contributed by atoms with Crippen molar-refractivity contribution in [2.45, 2.75) is 32.0 Å². The lowest BCUT2D eigenvalue weighted by Gasteiger charge is -2.21. The summed E-state index contributed by atoms with van der Waals surface area (Å²) in [5, 5.41) is 9.53. The van der Waals surface area contributed by atoms with Gasteiger partial charge < -0.3 is 10.1 Å². The maximum atomic E-state index is 9.53. The van der Waals surface area contributed by atoms with E-state index >= 15 is 0 Å². The second-order valence-electron chi connectivity index (χ2n) is 3.64. The van der Waals surface area contributed by atoms with Gasteiger partial charge in [-0.1, -0.05) is 0 Å². The number of aliphatic hydroxyl groups excluding tert-OH is 1. The number of aromatic amines is 1. The van der Waals surface area contributed by atoms with Crippen LogP contribution in [-0.4, -0.2) is 38.7 Å². The Morgan fingerprint density at radius 2 is 2.62 bits per heavy atom. The van der Waals surface area contributed by atoms with Crippen molar-refractivity contribution in [3.8, 4) is 0 Å². The standard InChI is InChI=1S/C9H15N3O/c1-7-9(13)2-3-12(7)5-8-4-10-6-11-8/h4,6-7,9,13H,2-3,5H2,1H3,(H,10,11)/t7-,9+/m0/s1. The molecular formula is C9H15N3O. The molecule has 1 aromatic rings. The van der Waals surface area contributed by atoms with Crippen LogP contribution in [0.25, 0.3) is 0 Å². The van der Waals surface area contributed by atoms with Crippen molar-refractivity contribution in [2.24, 2.45) is 0 Å². The lowest BCUT2D eigenvalue weighted by atomic mass is 10.2. The van der Waals surface area contributed by atoms with Gasteiger partial charge in [-0.3, -0.25) is 4.90 Å². The number of aromatic nitrogens is 2. The smallest absolute Gasteiger partial charge is 0.0922 e. The van der Waals surface area contributed by atoms with Crippen LogP contribution in [-0.2, 0) is 6.54 Å². The highest BCUT2D eigenvalue weighted by Gasteiger charge is 2.28. The van der Waals surface area contributed by atoms with E-state index < -0.39 is 0 Å². The molecule has 1 aliphatic rings. The summed E-state index contributed by atoms with van der Waals surface area (Å²) in [6.07, 6.45) is 4.24. The van der Waals surface area contributed by atoms with Crippen LogP contribution < -0.4 is 0 Å². The number of aliphatic hydroxyl groups is 1. The number of nitrogens with zero attached hydrogens (tertiary/aromatic N) is 2. The molecule has 0 radical (unpaired) electrons. The monoisotopic (exact) mass is 181 g/mol. The van der Waals surface area contributed by atoms with E-state index in [-0.39, 0.29) is 12.1 Å². The molecule has 2 heterocycles. The zero-order valence-electron chi connectivity index (χ0n) is 7.77. The average molecular weight is 181 g/mol. The van der Waals surface area contributed by atoms with Gasteiger partial charge in [0.1, 0.15) is 0 Å². The van der Waals surface area contributed by atoms with Crippen LogP contribution in [0.15, 0.2) is 12.5 Å². The lowest BCUT2D eigenvalue weighted by molar-refractivity contribution is 0.123. The van der Waals surface area contributed by atoms with Gasteiger partial charge in [0.15, 0.2) is 0 Å². The van der Waals surface area contributed by atoms with Crippen LogP contribution in [0.1, 0.15) is 19.0 Å². The summed E-state index contributed by atoms with van der Waals surface area (Å²) in [6, 6.07) is 0.267. The van der Waals surface area contributed by atoms with Gasteiger partial charge >= 0.3 is 0 Å². The predicted molar refractivity (Wildman–Crippen MR) is 49.1 cm³/mol. The van der Waals surface area contributed by atoms with E-state index in [0.717, 1.165) is 25.2 Å². The van der Waals surface area contributed by atoms with E-state index in [9.17, 15) is 5.11 Å². The molecule has 1 aromatic heterocycles. The molecule has 2 N–H and O–H groups in total. The summed E-state index contributed by atoms with van der Waals surface area (Å²) in [4.78, 5) is 9.29. The molecule has 0 aliphatic carbocycles. The third-order valence-electron chi connectivity index (χ3n) is 2.77. The first kappa shape index (κ1) is 8.72. The van der Waals surface area contributed by atoms with Crippen LogP contribution in [0, 0.1) is 0 Å². The van der Waals surface area contributed by atoms with E-state index in [0.29, 0.717) is 0 Å². The van der Waals surface area contributed by atoms with Crippen LogP contribution in [0.4, 0.5) is 0 Å². The van der Waals surface area contributed by atoms with Crippen molar-refractivity contribution >= 4 is 0 Å². The number of hydrogen-bond acceptors (Lipinski definition) is 3. The first-order valence-corrected chi connectivity index (χ1v) is 4.67. The molecule has 13 heavy (non-hydrogen) atoms. The third kappa shape index (κ3) is 1.73. The predicted octanol–water partition coefficient (Wildman–Crippen LogP) is 0.365. The maximum Gasteiger partial charge on any atom is 0.0922 e. The van der Waals surface area contributed by atoms with Gasteiger partial charge in [0, 0.05) is 31.0 Å². The van der Waals surface area contributed by atoms with Gasteiger partial charge in [-0.15, -0.1) is 0 Å². The van der Waals surface area contributed by atoms with E-state index in [2.05, 4.69) is 21.8 Å². The molecule has 1 saturated heterocycles. The minimum atomic E-state index is -0.164. The molecule has 4 nitrogen and oxygen atoms in total. The highest BCUT2D eigenvalue weighted by atomic mass is 16.3. The fourth-order valence-corrected chi connectivity index (χ4v) is 1.80. The van der Waals surface area contributed by atoms with Crippen molar-refractivity contribution in [1.82, 2.24) is 14.9 Å². The van der Waals surface area contributed by atoms with Gasteiger partial charge in [-0.25, -0.2) is 4.98 Å². The fraction of sp³-hybridized carbons (Fsp3) is 0.667. The topological polar surface area (TPSA) is 52.1 Å². The minimum Gasteiger partial charge on any atom is -0.391 e. The summed E-state index contributed by atoms with van der Waals surface area (Å²) < 4.78 is 0. The number of imidazole rings is 1. The lowest BCUT2D eigenvalue weighted by Crippen LogP contribution is -2.31. The van der Waals surface area contributed by atoms with Crippen molar-refractivity contribution in [1.29, 1.82) is 0 Å². The van der Waals surface area contributed by atoms with Crippen molar-refractivity contribution in [3.05, 3.63) is 18.2 Å². The molecule has 0 saturated carbocycles. The third-order valence-corrected chi connectivity index (χ3v) is 2.77. The Balaban J connectivity index is 1.96. The summed E-state index contributed by atoms with van der Waals surface area (Å²) in [6.45, 7) is 3.90. The summed E-state index contributed by atoms with van der Waals surface area (Å²) in [7, 11) is 0. The van der Waals surface area contributed by atoms with Crippen LogP contribution in [0.2, 0.25) is 0 Å². The average Bonchev–Trinajstić information content (AvgIpc) is 2.71. The molecule has 0 spiro atoms. The maximum absolute atomic E-state index is 9.53. The quantitative estimate of drug-likeness (QED) is 0.693. The Kier molecular flexibility index (Phi) is 2.33. The number of rotatable bonds is 2. The summed E-state index contributed by atoms with van der Waals surface area (Å²) in [5.41, 5.74) is 1.11.